The van der Waals surface area contributed by atoms with Gasteiger partial charge in [0.2, 0.25) is 0 Å². The zero-order valence-electron chi connectivity index (χ0n) is 19.2. The number of hydrogen-bond acceptors (Lipinski definition) is 4. The molecule has 0 saturated heterocycles. The summed E-state index contributed by atoms with van der Waals surface area (Å²) in [5.41, 5.74) is 3.08. The molecule has 0 fully saturated rings. The molecule has 5 rings (SSSR count). The molecule has 7 heteroatoms. The highest BCUT2D eigenvalue weighted by molar-refractivity contribution is 6.19. The minimum atomic E-state index is -0.391. The number of aromatic amines is 1. The Bertz CT molecular complexity index is 1530. The van der Waals surface area contributed by atoms with Crippen LogP contribution in [0.3, 0.4) is 0 Å². The summed E-state index contributed by atoms with van der Waals surface area (Å²) in [4.78, 5) is 29.5. The first-order chi connectivity index (χ1) is 16.9. The monoisotopic (exact) mass is 470 g/mol. The number of amides is 1. The van der Waals surface area contributed by atoms with Gasteiger partial charge >= 0.3 is 0 Å². The smallest absolute Gasteiger partial charge is 0.251 e. The third-order valence-corrected chi connectivity index (χ3v) is 5.90. The van der Waals surface area contributed by atoms with E-state index in [0.717, 1.165) is 0 Å². The minimum absolute atomic E-state index is 0.0501. The summed E-state index contributed by atoms with van der Waals surface area (Å²) in [6.07, 6.45) is 4.69. The number of halogens is 1. The number of carbonyl (C=O) groups is 2. The number of furan rings is 2. The van der Waals surface area contributed by atoms with Crippen molar-refractivity contribution in [2.45, 2.75) is 26.3 Å². The third-order valence-electron chi connectivity index (χ3n) is 5.90. The van der Waals surface area contributed by atoms with Gasteiger partial charge in [-0.2, -0.15) is 0 Å². The average molecular weight is 471 g/mol. The number of nitrogens with one attached hydrogen (secondary N) is 2. The lowest BCUT2D eigenvalue weighted by Gasteiger charge is -2.08. The Morgan fingerprint density at radius 1 is 1.06 bits per heavy atom. The molecule has 176 valence electrons. The van der Waals surface area contributed by atoms with Crippen LogP contribution in [0.5, 0.6) is 0 Å². The molecule has 0 aliphatic heterocycles. The van der Waals surface area contributed by atoms with Crippen molar-refractivity contribution in [2.24, 2.45) is 0 Å². The fraction of sp³-hybridized carbons (Fsp3) is 0.143. The van der Waals surface area contributed by atoms with Crippen molar-refractivity contribution >= 4 is 22.6 Å². The van der Waals surface area contributed by atoms with E-state index >= 15 is 0 Å². The SMILES string of the molecule is CC(C)c1occ(-c2cccc(F)c2)c1C(=O)c1c[nH]c2cc(C(=O)NCc3ccco3)ccc12. The molecule has 35 heavy (non-hydrogen) atoms. The molecule has 6 nitrogen and oxygen atoms in total. The molecule has 1 amide bonds. The second-order valence-electron chi connectivity index (χ2n) is 8.61. The summed E-state index contributed by atoms with van der Waals surface area (Å²) in [5.74, 6) is 0.267. The Kier molecular flexibility index (Phi) is 5.82. The normalized spacial score (nSPS) is 11.3. The van der Waals surface area contributed by atoms with Gasteiger partial charge in [0.1, 0.15) is 17.3 Å². The van der Waals surface area contributed by atoms with Crippen LogP contribution in [0.2, 0.25) is 0 Å². The van der Waals surface area contributed by atoms with Crippen molar-refractivity contribution in [1.82, 2.24) is 10.3 Å². The fourth-order valence-corrected chi connectivity index (χ4v) is 4.17. The van der Waals surface area contributed by atoms with E-state index in [-0.39, 0.29) is 24.2 Å². The zero-order valence-corrected chi connectivity index (χ0v) is 19.2. The lowest BCUT2D eigenvalue weighted by molar-refractivity contribution is 0.0947. The second-order valence-corrected chi connectivity index (χ2v) is 8.61. The molecule has 5 aromatic rings. The number of carbonyl (C=O) groups excluding carboxylic acids is 2. The van der Waals surface area contributed by atoms with Gasteiger partial charge in [0.25, 0.3) is 5.91 Å². The summed E-state index contributed by atoms with van der Waals surface area (Å²) in [6.45, 7) is 4.15. The Hall–Kier alpha value is -4.39. The predicted molar refractivity (Wildman–Crippen MR) is 130 cm³/mol. The molecule has 0 spiro atoms. The van der Waals surface area contributed by atoms with Crippen molar-refractivity contribution in [2.75, 3.05) is 0 Å². The first kappa shape index (κ1) is 22.4. The van der Waals surface area contributed by atoms with E-state index in [2.05, 4.69) is 10.3 Å². The molecule has 0 unspecified atom stereocenters. The molecule has 3 aromatic heterocycles. The van der Waals surface area contributed by atoms with E-state index in [1.165, 1.54) is 18.4 Å². The molecule has 2 aromatic carbocycles. The maximum Gasteiger partial charge on any atom is 0.251 e. The quantitative estimate of drug-likeness (QED) is 0.268. The highest BCUT2D eigenvalue weighted by Gasteiger charge is 2.26. The predicted octanol–water partition coefficient (Wildman–Crippen LogP) is 6.44. The molecule has 2 N–H and O–H groups in total. The molecule has 0 bridgehead atoms. The van der Waals surface area contributed by atoms with Crippen molar-refractivity contribution in [3.8, 4) is 11.1 Å². The van der Waals surface area contributed by atoms with Crippen LogP contribution in [0.1, 0.15) is 57.6 Å². The van der Waals surface area contributed by atoms with Crippen LogP contribution in [-0.2, 0) is 6.54 Å². The lowest BCUT2D eigenvalue weighted by atomic mass is 9.92. The van der Waals surface area contributed by atoms with Gasteiger partial charge in [0.05, 0.1) is 24.6 Å². The lowest BCUT2D eigenvalue weighted by Crippen LogP contribution is -2.22. The Morgan fingerprint density at radius 2 is 1.91 bits per heavy atom. The van der Waals surface area contributed by atoms with Gasteiger partial charge in [-0.3, -0.25) is 9.59 Å². The number of ketones is 1. The van der Waals surface area contributed by atoms with Crippen LogP contribution in [0, 0.1) is 5.82 Å². The average Bonchev–Trinajstić information content (AvgIpc) is 3.61. The van der Waals surface area contributed by atoms with Crippen molar-refractivity contribution in [1.29, 1.82) is 0 Å². The molecule has 0 atom stereocenters. The van der Waals surface area contributed by atoms with Gasteiger partial charge in [0.15, 0.2) is 5.78 Å². The number of H-pyrrole nitrogens is 1. The van der Waals surface area contributed by atoms with E-state index in [1.807, 2.05) is 13.8 Å². The number of hydrogen-bond donors (Lipinski definition) is 2. The van der Waals surface area contributed by atoms with Gasteiger partial charge in [-0.25, -0.2) is 4.39 Å². The summed E-state index contributed by atoms with van der Waals surface area (Å²) in [7, 11) is 0. The van der Waals surface area contributed by atoms with E-state index in [4.69, 9.17) is 8.83 Å². The number of fused-ring (bicyclic) bond motifs is 1. The van der Waals surface area contributed by atoms with Crippen LogP contribution in [0.15, 0.2) is 82.2 Å². The highest BCUT2D eigenvalue weighted by Crippen LogP contribution is 2.35. The molecular weight excluding hydrogens is 447 g/mol. The van der Waals surface area contributed by atoms with Gasteiger partial charge in [-0.1, -0.05) is 32.0 Å². The van der Waals surface area contributed by atoms with Crippen LogP contribution < -0.4 is 5.32 Å². The van der Waals surface area contributed by atoms with Crippen molar-refractivity contribution in [3.63, 3.8) is 0 Å². The van der Waals surface area contributed by atoms with Crippen LogP contribution in [0.25, 0.3) is 22.0 Å². The minimum Gasteiger partial charge on any atom is -0.468 e. The van der Waals surface area contributed by atoms with E-state index in [1.54, 1.807) is 54.9 Å². The number of aromatic nitrogens is 1. The molecule has 0 aliphatic carbocycles. The first-order valence-corrected chi connectivity index (χ1v) is 11.3. The molecule has 0 radical (unpaired) electrons. The van der Waals surface area contributed by atoms with E-state index in [9.17, 15) is 14.0 Å². The Labute approximate surface area is 200 Å². The highest BCUT2D eigenvalue weighted by atomic mass is 19.1. The van der Waals surface area contributed by atoms with Crippen LogP contribution in [-0.4, -0.2) is 16.7 Å². The zero-order chi connectivity index (χ0) is 24.5. The number of rotatable bonds is 7. The van der Waals surface area contributed by atoms with Crippen molar-refractivity contribution < 1.29 is 22.8 Å². The number of benzene rings is 2. The molecule has 3 heterocycles. The molecule has 0 saturated carbocycles. The van der Waals surface area contributed by atoms with Crippen LogP contribution >= 0.6 is 0 Å². The molecular formula is C28H23FN2O4. The second kappa shape index (κ2) is 9.10. The third kappa shape index (κ3) is 4.28. The van der Waals surface area contributed by atoms with Gasteiger partial charge in [0, 0.05) is 39.7 Å². The van der Waals surface area contributed by atoms with Gasteiger partial charge in [-0.05, 0) is 42.0 Å². The topological polar surface area (TPSA) is 88.2 Å². The van der Waals surface area contributed by atoms with Gasteiger partial charge < -0.3 is 19.1 Å². The van der Waals surface area contributed by atoms with Crippen molar-refractivity contribution in [3.05, 3.63) is 107 Å². The summed E-state index contributed by atoms with van der Waals surface area (Å²) >= 11 is 0. The summed E-state index contributed by atoms with van der Waals surface area (Å²) < 4.78 is 24.9. The summed E-state index contributed by atoms with van der Waals surface area (Å²) in [5, 5.41) is 3.49. The van der Waals surface area contributed by atoms with E-state index in [0.29, 0.717) is 50.2 Å². The molecule has 0 aliphatic rings. The maximum atomic E-state index is 13.9. The van der Waals surface area contributed by atoms with Crippen LogP contribution in [0.4, 0.5) is 4.39 Å². The fourth-order valence-electron chi connectivity index (χ4n) is 4.17. The first-order valence-electron chi connectivity index (χ1n) is 11.3. The van der Waals surface area contributed by atoms with Gasteiger partial charge in [-0.15, -0.1) is 0 Å². The Balaban J connectivity index is 1.49. The van der Waals surface area contributed by atoms with E-state index < -0.39 is 5.82 Å². The largest absolute Gasteiger partial charge is 0.468 e. The summed E-state index contributed by atoms with van der Waals surface area (Å²) in [6, 6.07) is 14.8. The maximum absolute atomic E-state index is 13.9. The Morgan fingerprint density at radius 3 is 2.66 bits per heavy atom. The standard InChI is InChI=1S/C28H23FN2O4/c1-16(2)27-25(23(15-35-27)17-5-3-6-19(29)11-17)26(32)22-14-30-24-12-18(8-9-21(22)24)28(33)31-13-20-7-4-10-34-20/h3-12,14-16,30H,13H2,1-2H3,(H,31,33).